The molecule has 1 amide bonds. The van der Waals surface area contributed by atoms with Crippen LogP contribution in [0.15, 0.2) is 12.1 Å². The van der Waals surface area contributed by atoms with Crippen LogP contribution in [0.1, 0.15) is 26.7 Å². The van der Waals surface area contributed by atoms with Gasteiger partial charge in [0.05, 0.1) is 16.2 Å². The molecule has 1 atom stereocenters. The molecule has 0 saturated heterocycles. The number of carbonyl (C=O) groups excluding carboxylic acids is 1. The molecule has 3 nitrogen and oxygen atoms in total. The van der Waals surface area contributed by atoms with Crippen molar-refractivity contribution in [3.63, 3.8) is 0 Å². The van der Waals surface area contributed by atoms with E-state index in [1.807, 2.05) is 6.92 Å². The predicted molar refractivity (Wildman–Crippen MR) is 67.5 cm³/mol. The smallest absolute Gasteiger partial charge is 0.244 e. The summed E-state index contributed by atoms with van der Waals surface area (Å²) >= 11 is 5.67. The molecule has 0 fully saturated rings. The monoisotopic (exact) mass is 276 g/mol. The number of anilines is 1. The van der Waals surface area contributed by atoms with Gasteiger partial charge in [-0.05, 0) is 19.4 Å². The maximum Gasteiger partial charge on any atom is 0.244 e. The summed E-state index contributed by atoms with van der Waals surface area (Å²) in [5.41, 5.74) is 4.42. The Balaban J connectivity index is 2.95. The zero-order valence-electron chi connectivity index (χ0n) is 10.2. The van der Waals surface area contributed by atoms with Crippen LogP contribution >= 0.6 is 11.6 Å². The Morgan fingerprint density at radius 2 is 2.11 bits per heavy atom. The van der Waals surface area contributed by atoms with Gasteiger partial charge >= 0.3 is 0 Å². The first kappa shape index (κ1) is 14.9. The number of nitrogens with one attached hydrogen (secondary N) is 1. The third-order valence-electron chi connectivity index (χ3n) is 2.53. The van der Waals surface area contributed by atoms with Gasteiger partial charge in [0.15, 0.2) is 5.82 Å². The van der Waals surface area contributed by atoms with Crippen molar-refractivity contribution in [3.05, 3.63) is 28.8 Å². The third kappa shape index (κ3) is 3.40. The molecule has 0 aliphatic rings. The van der Waals surface area contributed by atoms with E-state index in [9.17, 15) is 13.6 Å². The van der Waals surface area contributed by atoms with E-state index in [1.165, 1.54) is 0 Å². The van der Waals surface area contributed by atoms with Gasteiger partial charge in [-0.2, -0.15) is 0 Å². The van der Waals surface area contributed by atoms with E-state index < -0.39 is 23.1 Å². The highest BCUT2D eigenvalue weighted by Gasteiger charge is 2.28. The summed E-state index contributed by atoms with van der Waals surface area (Å²) in [5, 5.41) is 2.09. The zero-order chi connectivity index (χ0) is 13.9. The minimum absolute atomic E-state index is 0.201. The van der Waals surface area contributed by atoms with Crippen molar-refractivity contribution in [1.82, 2.24) is 0 Å². The number of hydrogen-bond acceptors (Lipinski definition) is 2. The molecular formula is C12H15ClF2N2O. The molecule has 3 N–H and O–H groups in total. The molecule has 6 heteroatoms. The lowest BCUT2D eigenvalue weighted by atomic mass is 9.96. The molecular weight excluding hydrogens is 262 g/mol. The van der Waals surface area contributed by atoms with Crippen LogP contribution in [0.5, 0.6) is 0 Å². The lowest BCUT2D eigenvalue weighted by Crippen LogP contribution is -2.48. The third-order valence-corrected chi connectivity index (χ3v) is 2.83. The molecule has 1 aromatic carbocycles. The number of amides is 1. The number of benzene rings is 1. The Labute approximate surface area is 109 Å². The van der Waals surface area contributed by atoms with Crippen LogP contribution in [0, 0.1) is 11.6 Å². The van der Waals surface area contributed by atoms with Crippen molar-refractivity contribution in [2.24, 2.45) is 5.73 Å². The molecule has 0 aliphatic heterocycles. The maximum atomic E-state index is 13.5. The predicted octanol–water partition coefficient (Wildman–Crippen LogP) is 3.07. The van der Waals surface area contributed by atoms with E-state index in [0.29, 0.717) is 18.9 Å². The highest BCUT2D eigenvalue weighted by atomic mass is 35.5. The van der Waals surface area contributed by atoms with Crippen LogP contribution in [-0.4, -0.2) is 11.4 Å². The van der Waals surface area contributed by atoms with Crippen LogP contribution < -0.4 is 11.1 Å². The molecule has 0 bridgehead atoms. The summed E-state index contributed by atoms with van der Waals surface area (Å²) < 4.78 is 26.3. The number of hydrogen-bond donors (Lipinski definition) is 2. The number of halogens is 3. The molecule has 0 spiro atoms. The molecule has 100 valence electrons. The average molecular weight is 277 g/mol. The van der Waals surface area contributed by atoms with Gasteiger partial charge in [-0.25, -0.2) is 8.78 Å². The quantitative estimate of drug-likeness (QED) is 0.888. The Kier molecular flexibility index (Phi) is 4.65. The van der Waals surface area contributed by atoms with Gasteiger partial charge < -0.3 is 11.1 Å². The van der Waals surface area contributed by atoms with E-state index in [1.54, 1.807) is 6.92 Å². The Morgan fingerprint density at radius 1 is 1.50 bits per heavy atom. The van der Waals surface area contributed by atoms with Crippen molar-refractivity contribution in [2.75, 3.05) is 5.32 Å². The fraction of sp³-hybridized carbons (Fsp3) is 0.417. The largest absolute Gasteiger partial charge is 0.321 e. The number of rotatable bonds is 4. The molecule has 0 aromatic heterocycles. The topological polar surface area (TPSA) is 55.1 Å². The molecule has 0 aliphatic carbocycles. The SMILES string of the molecule is CCCC(C)(N)C(=O)Nc1c(F)cc(F)cc1Cl. The highest BCUT2D eigenvalue weighted by Crippen LogP contribution is 2.27. The van der Waals surface area contributed by atoms with Gasteiger partial charge in [0, 0.05) is 6.07 Å². The number of carbonyl (C=O) groups is 1. The summed E-state index contributed by atoms with van der Waals surface area (Å²) in [4.78, 5) is 11.9. The second-order valence-electron chi connectivity index (χ2n) is 4.37. The average Bonchev–Trinajstić information content (AvgIpc) is 2.22. The van der Waals surface area contributed by atoms with Gasteiger partial charge in [0.1, 0.15) is 5.82 Å². The van der Waals surface area contributed by atoms with Gasteiger partial charge in [-0.3, -0.25) is 4.79 Å². The summed E-state index contributed by atoms with van der Waals surface area (Å²) in [5.74, 6) is -2.29. The standard InChI is InChI=1S/C12H15ClF2N2O/c1-3-4-12(2,16)11(18)17-10-8(13)5-7(14)6-9(10)15/h5-6H,3-4,16H2,1-2H3,(H,17,18). The summed E-state index contributed by atoms with van der Waals surface area (Å²) in [6.07, 6.45) is 1.15. The first-order chi connectivity index (χ1) is 8.27. The van der Waals surface area contributed by atoms with Crippen LogP contribution in [0.2, 0.25) is 5.02 Å². The molecule has 0 radical (unpaired) electrons. The second-order valence-corrected chi connectivity index (χ2v) is 4.77. The first-order valence-corrected chi connectivity index (χ1v) is 5.90. The van der Waals surface area contributed by atoms with Crippen molar-refractivity contribution >= 4 is 23.2 Å². The Hall–Kier alpha value is -1.20. The van der Waals surface area contributed by atoms with Crippen molar-refractivity contribution in [3.8, 4) is 0 Å². The highest BCUT2D eigenvalue weighted by molar-refractivity contribution is 6.33. The van der Waals surface area contributed by atoms with E-state index in [4.69, 9.17) is 17.3 Å². The molecule has 18 heavy (non-hydrogen) atoms. The fourth-order valence-electron chi connectivity index (χ4n) is 1.55. The lowest BCUT2D eigenvalue weighted by molar-refractivity contribution is -0.120. The van der Waals surface area contributed by atoms with E-state index in [-0.39, 0.29) is 10.7 Å². The van der Waals surface area contributed by atoms with Crippen molar-refractivity contribution in [2.45, 2.75) is 32.2 Å². The van der Waals surface area contributed by atoms with E-state index >= 15 is 0 Å². The van der Waals surface area contributed by atoms with Crippen LogP contribution in [-0.2, 0) is 4.79 Å². The van der Waals surface area contributed by atoms with Crippen LogP contribution in [0.3, 0.4) is 0 Å². The summed E-state index contributed by atoms with van der Waals surface area (Å²) in [6.45, 7) is 3.42. The minimum atomic E-state index is -1.13. The zero-order valence-corrected chi connectivity index (χ0v) is 10.9. The Bertz CT molecular complexity index is 440. The normalized spacial score (nSPS) is 14.1. The minimum Gasteiger partial charge on any atom is -0.321 e. The van der Waals surface area contributed by atoms with E-state index in [2.05, 4.69) is 5.32 Å². The van der Waals surface area contributed by atoms with Crippen molar-refractivity contribution < 1.29 is 13.6 Å². The molecule has 1 rings (SSSR count). The van der Waals surface area contributed by atoms with Gasteiger partial charge in [-0.1, -0.05) is 24.9 Å². The Morgan fingerprint density at radius 3 is 2.61 bits per heavy atom. The molecule has 1 aromatic rings. The van der Waals surface area contributed by atoms with Crippen LogP contribution in [0.25, 0.3) is 0 Å². The lowest BCUT2D eigenvalue weighted by Gasteiger charge is -2.23. The first-order valence-electron chi connectivity index (χ1n) is 5.53. The summed E-state index contributed by atoms with van der Waals surface area (Å²) in [6, 6.07) is 1.57. The van der Waals surface area contributed by atoms with Crippen LogP contribution in [0.4, 0.5) is 14.5 Å². The van der Waals surface area contributed by atoms with Crippen molar-refractivity contribution in [1.29, 1.82) is 0 Å². The molecule has 1 unspecified atom stereocenters. The van der Waals surface area contributed by atoms with Gasteiger partial charge in [0.25, 0.3) is 0 Å². The van der Waals surface area contributed by atoms with E-state index in [0.717, 1.165) is 6.07 Å². The molecule has 0 heterocycles. The second kappa shape index (κ2) is 5.63. The fourth-order valence-corrected chi connectivity index (χ4v) is 1.79. The van der Waals surface area contributed by atoms with Gasteiger partial charge in [-0.15, -0.1) is 0 Å². The maximum absolute atomic E-state index is 13.5. The van der Waals surface area contributed by atoms with Gasteiger partial charge in [0.2, 0.25) is 5.91 Å². The molecule has 0 saturated carbocycles. The summed E-state index contributed by atoms with van der Waals surface area (Å²) in [7, 11) is 0. The number of nitrogens with two attached hydrogens (primary N) is 1.